The fourth-order valence-corrected chi connectivity index (χ4v) is 3.17. The molecule has 24 heavy (non-hydrogen) atoms. The van der Waals surface area contributed by atoms with Crippen LogP contribution in [0.3, 0.4) is 0 Å². The number of aliphatic hydroxyl groups is 1. The number of hydrogen-bond acceptors (Lipinski definition) is 9. The summed E-state index contributed by atoms with van der Waals surface area (Å²) in [6, 6.07) is 0. The Morgan fingerprint density at radius 3 is 2.62 bits per heavy atom. The second kappa shape index (κ2) is 7.54. The van der Waals surface area contributed by atoms with E-state index >= 15 is 0 Å². The van der Waals surface area contributed by atoms with Crippen LogP contribution in [-0.4, -0.2) is 39.7 Å². The summed E-state index contributed by atoms with van der Waals surface area (Å²) >= 11 is 1.15. The normalized spacial score (nSPS) is 12.2. The molecule has 0 radical (unpaired) electrons. The largest absolute Gasteiger partial charge is 0.462 e. The van der Waals surface area contributed by atoms with Gasteiger partial charge in [-0.15, -0.1) is 11.3 Å². The number of nitrogens with zero attached hydrogens (tertiary/aromatic N) is 2. The van der Waals surface area contributed by atoms with Crippen LogP contribution < -0.4 is 5.73 Å². The molecule has 130 valence electrons. The van der Waals surface area contributed by atoms with E-state index in [9.17, 15) is 14.7 Å². The number of hydrogen-bond donors (Lipinski definition) is 2. The molecule has 2 aromatic rings. The lowest BCUT2D eigenvalue weighted by atomic mass is 10.2. The van der Waals surface area contributed by atoms with Crippen LogP contribution in [0.1, 0.15) is 41.3 Å². The number of aryl methyl sites for hydroxylation is 1. The van der Waals surface area contributed by atoms with Gasteiger partial charge in [0, 0.05) is 0 Å². The first-order chi connectivity index (χ1) is 11.4. The molecule has 9 heteroatoms. The molecule has 2 heterocycles. The SMILES string of the molecule is CCOC(=O)c1sc2nc(COC(=O)[C@@H](O)CC)nc(N)c2c1C. The van der Waals surface area contributed by atoms with Crippen molar-refractivity contribution in [1.29, 1.82) is 0 Å². The van der Waals surface area contributed by atoms with E-state index < -0.39 is 18.0 Å². The Balaban J connectivity index is 2.29. The molecule has 1 atom stereocenters. The Morgan fingerprint density at radius 2 is 2.00 bits per heavy atom. The van der Waals surface area contributed by atoms with Crippen molar-refractivity contribution in [2.24, 2.45) is 0 Å². The molecule has 0 aliphatic heterocycles. The number of nitrogen functional groups attached to an aromatic ring is 1. The fourth-order valence-electron chi connectivity index (χ4n) is 2.07. The van der Waals surface area contributed by atoms with E-state index in [-0.39, 0.29) is 31.3 Å². The van der Waals surface area contributed by atoms with Crippen LogP contribution in [0.2, 0.25) is 0 Å². The zero-order chi connectivity index (χ0) is 17.9. The van der Waals surface area contributed by atoms with E-state index in [0.717, 1.165) is 11.3 Å². The number of rotatable bonds is 6. The van der Waals surface area contributed by atoms with E-state index in [1.54, 1.807) is 20.8 Å². The number of ether oxygens (including phenoxy) is 2. The maximum atomic E-state index is 12.0. The van der Waals surface area contributed by atoms with Crippen molar-refractivity contribution in [1.82, 2.24) is 9.97 Å². The smallest absolute Gasteiger partial charge is 0.348 e. The Bertz CT molecular complexity index is 774. The third-order valence-electron chi connectivity index (χ3n) is 3.33. The van der Waals surface area contributed by atoms with Gasteiger partial charge in [-0.2, -0.15) is 0 Å². The summed E-state index contributed by atoms with van der Waals surface area (Å²) in [6.45, 7) is 5.21. The van der Waals surface area contributed by atoms with E-state index in [1.165, 1.54) is 0 Å². The molecular weight excluding hydrogens is 334 g/mol. The van der Waals surface area contributed by atoms with Crippen molar-refractivity contribution in [3.63, 3.8) is 0 Å². The molecule has 0 aromatic carbocycles. The lowest BCUT2D eigenvalue weighted by molar-refractivity contribution is -0.155. The van der Waals surface area contributed by atoms with Gasteiger partial charge in [0.15, 0.2) is 18.5 Å². The molecule has 2 rings (SSSR count). The minimum atomic E-state index is -1.18. The van der Waals surface area contributed by atoms with Gasteiger partial charge in [0.25, 0.3) is 0 Å². The lowest BCUT2D eigenvalue weighted by Crippen LogP contribution is -2.22. The molecule has 0 aliphatic carbocycles. The average Bonchev–Trinajstić information content (AvgIpc) is 2.89. The number of carbonyl (C=O) groups is 2. The molecule has 0 saturated heterocycles. The van der Waals surface area contributed by atoms with Crippen LogP contribution in [-0.2, 0) is 20.9 Å². The van der Waals surface area contributed by atoms with Gasteiger partial charge >= 0.3 is 11.9 Å². The standard InChI is InChI=1S/C15H19N3O5S/c1-4-8(19)14(20)23-6-9-17-12(16)10-7(3)11(15(21)22-5-2)24-13(10)18-9/h8,19H,4-6H2,1-3H3,(H2,16,17,18)/t8-/m0/s1. The van der Waals surface area contributed by atoms with E-state index in [1.807, 2.05) is 0 Å². The highest BCUT2D eigenvalue weighted by Crippen LogP contribution is 2.33. The van der Waals surface area contributed by atoms with Crippen LogP contribution in [0.5, 0.6) is 0 Å². The number of aliphatic hydroxyl groups excluding tert-OH is 1. The van der Waals surface area contributed by atoms with Gasteiger partial charge in [0.2, 0.25) is 0 Å². The zero-order valence-corrected chi connectivity index (χ0v) is 14.5. The summed E-state index contributed by atoms with van der Waals surface area (Å²) in [5, 5.41) is 9.98. The highest BCUT2D eigenvalue weighted by Gasteiger charge is 2.21. The van der Waals surface area contributed by atoms with Gasteiger partial charge in [-0.05, 0) is 25.8 Å². The summed E-state index contributed by atoms with van der Waals surface area (Å²) in [5.41, 5.74) is 6.61. The van der Waals surface area contributed by atoms with Crippen molar-refractivity contribution >= 4 is 39.3 Å². The predicted molar refractivity (Wildman–Crippen MR) is 88.6 cm³/mol. The Morgan fingerprint density at radius 1 is 1.29 bits per heavy atom. The molecule has 2 aromatic heterocycles. The maximum Gasteiger partial charge on any atom is 0.348 e. The first-order valence-electron chi connectivity index (χ1n) is 7.46. The number of anilines is 1. The topological polar surface area (TPSA) is 125 Å². The van der Waals surface area contributed by atoms with Crippen LogP contribution in [0.4, 0.5) is 5.82 Å². The number of aromatic nitrogens is 2. The molecule has 0 amide bonds. The predicted octanol–water partition coefficient (Wildman–Crippen LogP) is 1.57. The van der Waals surface area contributed by atoms with Crippen molar-refractivity contribution in [3.8, 4) is 0 Å². The van der Waals surface area contributed by atoms with Crippen LogP contribution in [0.25, 0.3) is 10.2 Å². The van der Waals surface area contributed by atoms with Crippen LogP contribution in [0.15, 0.2) is 0 Å². The van der Waals surface area contributed by atoms with Gasteiger partial charge in [0.05, 0.1) is 12.0 Å². The fraction of sp³-hybridized carbons (Fsp3) is 0.467. The first-order valence-corrected chi connectivity index (χ1v) is 8.27. The average molecular weight is 353 g/mol. The zero-order valence-electron chi connectivity index (χ0n) is 13.7. The molecule has 0 saturated carbocycles. The van der Waals surface area contributed by atoms with Crippen molar-refractivity contribution < 1.29 is 24.2 Å². The Labute approximate surface area is 142 Å². The summed E-state index contributed by atoms with van der Waals surface area (Å²) in [7, 11) is 0. The van der Waals surface area contributed by atoms with E-state index in [0.29, 0.717) is 20.7 Å². The minimum Gasteiger partial charge on any atom is -0.462 e. The van der Waals surface area contributed by atoms with E-state index in [2.05, 4.69) is 9.97 Å². The van der Waals surface area contributed by atoms with Crippen molar-refractivity contribution in [2.75, 3.05) is 12.3 Å². The maximum absolute atomic E-state index is 12.0. The van der Waals surface area contributed by atoms with E-state index in [4.69, 9.17) is 15.2 Å². The highest BCUT2D eigenvalue weighted by molar-refractivity contribution is 7.20. The molecule has 0 unspecified atom stereocenters. The number of esters is 2. The summed E-state index contributed by atoms with van der Waals surface area (Å²) in [5.74, 6) is -0.773. The minimum absolute atomic E-state index is 0.200. The van der Waals surface area contributed by atoms with Crippen LogP contribution in [0, 0.1) is 6.92 Å². The summed E-state index contributed by atoms with van der Waals surface area (Å²) in [4.78, 5) is 32.8. The molecule has 0 spiro atoms. The van der Waals surface area contributed by atoms with Gasteiger partial charge in [-0.25, -0.2) is 19.6 Å². The van der Waals surface area contributed by atoms with Crippen LogP contribution >= 0.6 is 11.3 Å². The van der Waals surface area contributed by atoms with Crippen molar-refractivity contribution in [2.45, 2.75) is 39.9 Å². The van der Waals surface area contributed by atoms with Gasteiger partial charge < -0.3 is 20.3 Å². The number of fused-ring (bicyclic) bond motifs is 1. The van der Waals surface area contributed by atoms with Gasteiger partial charge in [-0.3, -0.25) is 0 Å². The molecule has 0 fully saturated rings. The van der Waals surface area contributed by atoms with Gasteiger partial charge in [-0.1, -0.05) is 6.92 Å². The second-order valence-corrected chi connectivity index (χ2v) is 6.01. The Kier molecular flexibility index (Phi) is 5.68. The molecule has 0 aliphatic rings. The number of nitrogens with two attached hydrogens (primary N) is 1. The molecule has 3 N–H and O–H groups in total. The Hall–Kier alpha value is -2.26. The van der Waals surface area contributed by atoms with Crippen molar-refractivity contribution in [3.05, 3.63) is 16.3 Å². The molecular formula is C15H19N3O5S. The number of thiophene rings is 1. The molecule has 0 bridgehead atoms. The third-order valence-corrected chi connectivity index (χ3v) is 4.49. The third kappa shape index (κ3) is 3.62. The summed E-state index contributed by atoms with van der Waals surface area (Å²) < 4.78 is 9.96. The molecule has 8 nitrogen and oxygen atoms in total. The quantitative estimate of drug-likeness (QED) is 0.750. The lowest BCUT2D eigenvalue weighted by Gasteiger charge is -2.08. The monoisotopic (exact) mass is 353 g/mol. The first kappa shape index (κ1) is 18.1. The highest BCUT2D eigenvalue weighted by atomic mass is 32.1. The number of carbonyl (C=O) groups excluding carboxylic acids is 2. The summed E-state index contributed by atoms with van der Waals surface area (Å²) in [6.07, 6.45) is -0.918. The van der Waals surface area contributed by atoms with Gasteiger partial charge in [0.1, 0.15) is 15.5 Å². The second-order valence-electron chi connectivity index (χ2n) is 5.01.